The first-order chi connectivity index (χ1) is 17.5. The summed E-state index contributed by atoms with van der Waals surface area (Å²) in [6.07, 6.45) is 7.61. The summed E-state index contributed by atoms with van der Waals surface area (Å²) in [5.74, 6) is 0.0729. The number of hydrogen-bond acceptors (Lipinski definition) is 5. The smallest absolute Gasteiger partial charge is 0.319 e. The van der Waals surface area contributed by atoms with Crippen molar-refractivity contribution in [3.63, 3.8) is 0 Å². The number of carbonyl (C=O) groups excluding carboxylic acids is 1. The highest BCUT2D eigenvalue weighted by molar-refractivity contribution is 7.89. The summed E-state index contributed by atoms with van der Waals surface area (Å²) in [5.41, 5.74) is 0.941. The van der Waals surface area contributed by atoms with E-state index in [-0.39, 0.29) is 17.3 Å². The summed E-state index contributed by atoms with van der Waals surface area (Å²) in [6.45, 7) is 5.54. The molecule has 2 aromatic carbocycles. The maximum atomic E-state index is 13.4. The van der Waals surface area contributed by atoms with Crippen LogP contribution in [0, 0.1) is 5.82 Å². The van der Waals surface area contributed by atoms with Gasteiger partial charge in [0.15, 0.2) is 0 Å². The molecule has 0 atom stereocenters. The highest BCUT2D eigenvalue weighted by atomic mass is 32.2. The second-order valence-corrected chi connectivity index (χ2v) is 13.1. The van der Waals surface area contributed by atoms with Crippen LogP contribution in [0.1, 0.15) is 69.4 Å². The average Bonchev–Trinajstić information content (AvgIpc) is 3.33. The monoisotopic (exact) mass is 544 g/mol. The summed E-state index contributed by atoms with van der Waals surface area (Å²) in [7, 11) is -3.91. The van der Waals surface area contributed by atoms with E-state index in [0.29, 0.717) is 17.2 Å². The van der Waals surface area contributed by atoms with Crippen molar-refractivity contribution >= 4 is 33.1 Å². The molecule has 0 unspecified atom stereocenters. The highest BCUT2D eigenvalue weighted by Gasteiger charge is 2.27. The molecular formula is C27H33FN4O3S2. The summed E-state index contributed by atoms with van der Waals surface area (Å²) >= 11 is 1.54. The molecule has 4 rings (SSSR count). The topological polar surface area (TPSA) is 100 Å². The van der Waals surface area contributed by atoms with Crippen LogP contribution in [-0.2, 0) is 16.6 Å². The van der Waals surface area contributed by atoms with E-state index in [0.717, 1.165) is 28.3 Å². The van der Waals surface area contributed by atoms with Crippen molar-refractivity contribution in [2.45, 2.75) is 75.8 Å². The molecule has 3 aromatic rings. The lowest BCUT2D eigenvalue weighted by molar-refractivity contribution is 0.251. The molecule has 7 nitrogen and oxygen atoms in total. The number of thiazole rings is 1. The third kappa shape index (κ3) is 7.37. The van der Waals surface area contributed by atoms with Crippen LogP contribution in [0.25, 0.3) is 10.4 Å². The molecule has 1 heterocycles. The molecule has 1 aliphatic carbocycles. The predicted molar refractivity (Wildman–Crippen MR) is 146 cm³/mol. The minimum absolute atomic E-state index is 0.0811. The molecule has 1 aromatic heterocycles. The maximum Gasteiger partial charge on any atom is 0.319 e. The van der Waals surface area contributed by atoms with Gasteiger partial charge in [-0.15, -0.1) is 11.3 Å². The fourth-order valence-corrected chi connectivity index (χ4v) is 7.25. The Balaban J connectivity index is 1.59. The zero-order chi connectivity index (χ0) is 26.6. The molecule has 0 radical (unpaired) electrons. The molecule has 10 heteroatoms. The second kappa shape index (κ2) is 11.3. The predicted octanol–water partition coefficient (Wildman–Crippen LogP) is 6.40. The van der Waals surface area contributed by atoms with Gasteiger partial charge in [0, 0.05) is 35.4 Å². The molecule has 3 N–H and O–H groups in total. The fourth-order valence-electron chi connectivity index (χ4n) is 4.39. The van der Waals surface area contributed by atoms with Gasteiger partial charge in [-0.1, -0.05) is 37.5 Å². The fraction of sp³-hybridized carbons (Fsp3) is 0.407. The number of urea groups is 1. The number of rotatable bonds is 7. The van der Waals surface area contributed by atoms with Crippen LogP contribution in [0.4, 0.5) is 14.9 Å². The molecule has 0 saturated heterocycles. The van der Waals surface area contributed by atoms with E-state index in [9.17, 15) is 17.6 Å². The minimum atomic E-state index is -3.91. The van der Waals surface area contributed by atoms with Crippen molar-refractivity contribution in [3.05, 3.63) is 65.0 Å². The van der Waals surface area contributed by atoms with Crippen LogP contribution in [0.15, 0.2) is 53.6 Å². The van der Waals surface area contributed by atoms with Gasteiger partial charge in [0.25, 0.3) is 0 Å². The number of benzene rings is 2. The number of amides is 2. The Morgan fingerprint density at radius 2 is 1.78 bits per heavy atom. The molecule has 0 aliphatic heterocycles. The van der Waals surface area contributed by atoms with E-state index in [2.05, 4.69) is 20.3 Å². The van der Waals surface area contributed by atoms with Gasteiger partial charge in [-0.05, 0) is 63.4 Å². The molecule has 1 aliphatic rings. The van der Waals surface area contributed by atoms with Gasteiger partial charge < -0.3 is 10.6 Å². The van der Waals surface area contributed by atoms with Gasteiger partial charge in [-0.2, -0.15) is 0 Å². The Bertz CT molecular complexity index is 1340. The van der Waals surface area contributed by atoms with Crippen molar-refractivity contribution in [2.75, 3.05) is 5.32 Å². The van der Waals surface area contributed by atoms with Gasteiger partial charge in [-0.25, -0.2) is 27.3 Å². The van der Waals surface area contributed by atoms with Gasteiger partial charge in [0.05, 0.1) is 14.8 Å². The Kier molecular flexibility index (Phi) is 8.30. The van der Waals surface area contributed by atoms with Crippen LogP contribution in [0.2, 0.25) is 0 Å². The number of aromatic nitrogens is 1. The second-order valence-electron chi connectivity index (χ2n) is 10.4. The lowest BCUT2D eigenvalue weighted by atomic mass is 9.90. The van der Waals surface area contributed by atoms with Crippen molar-refractivity contribution in [1.82, 2.24) is 15.0 Å². The number of halogens is 1. The van der Waals surface area contributed by atoms with Crippen molar-refractivity contribution in [1.29, 1.82) is 0 Å². The number of sulfonamides is 1. The summed E-state index contributed by atoms with van der Waals surface area (Å²) in [6, 6.07) is 10.2. The summed E-state index contributed by atoms with van der Waals surface area (Å²) in [4.78, 5) is 18.0. The Hall–Kier alpha value is -2.82. The number of nitrogens with zero attached hydrogens (tertiary/aromatic N) is 1. The van der Waals surface area contributed by atoms with Crippen molar-refractivity contribution in [3.8, 4) is 10.4 Å². The number of anilines is 1. The summed E-state index contributed by atoms with van der Waals surface area (Å²) < 4.78 is 42.7. The molecule has 0 bridgehead atoms. The molecule has 37 heavy (non-hydrogen) atoms. The Labute approximate surface area is 222 Å². The zero-order valence-corrected chi connectivity index (χ0v) is 22.9. The molecule has 1 saturated carbocycles. The van der Waals surface area contributed by atoms with Gasteiger partial charge in [-0.3, -0.25) is 0 Å². The number of carbonyl (C=O) groups is 1. The SMILES string of the molecule is CC(C)(C)NS(=O)(=O)c1cc(NC(=O)NCc2ccc(F)cc2)ccc1-c1cnc(C2CCCCC2)s1. The van der Waals surface area contributed by atoms with E-state index in [1.165, 1.54) is 48.8 Å². The standard InChI is InChI=1S/C27H33FN4O3S2/c1-27(2,3)32-37(34,35)24-15-21(31-26(33)30-16-18-9-11-20(28)12-10-18)13-14-22(24)23-17-29-25(36-23)19-7-5-4-6-8-19/h9-15,17,19,32H,4-8,16H2,1-3H3,(H2,30,31,33). The first-order valence-electron chi connectivity index (χ1n) is 12.4. The average molecular weight is 545 g/mol. The molecule has 2 amide bonds. The molecule has 198 valence electrons. The zero-order valence-electron chi connectivity index (χ0n) is 21.3. The molecule has 1 fully saturated rings. The van der Waals surface area contributed by atoms with Crippen LogP contribution >= 0.6 is 11.3 Å². The van der Waals surface area contributed by atoms with Crippen LogP contribution in [-0.4, -0.2) is 25.0 Å². The van der Waals surface area contributed by atoms with Gasteiger partial charge in [0.1, 0.15) is 5.82 Å². The summed E-state index contributed by atoms with van der Waals surface area (Å²) in [5, 5.41) is 6.46. The van der Waals surface area contributed by atoms with E-state index < -0.39 is 21.6 Å². The van der Waals surface area contributed by atoms with Gasteiger partial charge >= 0.3 is 6.03 Å². The van der Waals surface area contributed by atoms with Crippen molar-refractivity contribution < 1.29 is 17.6 Å². The third-order valence-electron chi connectivity index (χ3n) is 6.08. The van der Waals surface area contributed by atoms with E-state index in [1.54, 1.807) is 51.2 Å². The van der Waals surface area contributed by atoms with Crippen LogP contribution in [0.5, 0.6) is 0 Å². The normalized spacial score (nSPS) is 14.9. The third-order valence-corrected chi connectivity index (χ3v) is 9.07. The van der Waals surface area contributed by atoms with Crippen molar-refractivity contribution in [2.24, 2.45) is 0 Å². The quantitative estimate of drug-likeness (QED) is 0.321. The van der Waals surface area contributed by atoms with Gasteiger partial charge in [0.2, 0.25) is 10.0 Å². The van der Waals surface area contributed by atoms with E-state index >= 15 is 0 Å². The number of nitrogens with one attached hydrogen (secondary N) is 3. The maximum absolute atomic E-state index is 13.4. The number of hydrogen-bond donors (Lipinski definition) is 3. The molecular weight excluding hydrogens is 511 g/mol. The Morgan fingerprint density at radius 3 is 2.46 bits per heavy atom. The van der Waals surface area contributed by atoms with Crippen LogP contribution < -0.4 is 15.4 Å². The lowest BCUT2D eigenvalue weighted by Gasteiger charge is -2.22. The Morgan fingerprint density at radius 1 is 1.08 bits per heavy atom. The first kappa shape index (κ1) is 27.2. The lowest BCUT2D eigenvalue weighted by Crippen LogP contribution is -2.40. The first-order valence-corrected chi connectivity index (χ1v) is 14.7. The van der Waals surface area contributed by atoms with Crippen LogP contribution in [0.3, 0.4) is 0 Å². The highest BCUT2D eigenvalue weighted by Crippen LogP contribution is 2.39. The largest absolute Gasteiger partial charge is 0.334 e. The van der Waals surface area contributed by atoms with E-state index in [4.69, 9.17) is 0 Å². The molecule has 0 spiro atoms. The van der Waals surface area contributed by atoms with E-state index in [1.807, 2.05) is 0 Å². The minimum Gasteiger partial charge on any atom is -0.334 e.